The number of rotatable bonds is 3. The first kappa shape index (κ1) is 17.9. The molecular weight excluding hydrogens is 392 g/mol. The number of amides is 1. The standard InChI is InChI=1S/C18H14Cl2FN5O/c1-10-7-25-9-15(14-4-5-22-18(20)24-14)23-16(25)17(27)26(10)8-11-2-3-13(21)12(19)6-11/h2-6,9-10H,7-8H2,1H3. The van der Waals surface area contributed by atoms with E-state index in [4.69, 9.17) is 23.2 Å². The Bertz CT molecular complexity index is 1040. The molecule has 0 saturated heterocycles. The zero-order valence-electron chi connectivity index (χ0n) is 14.2. The van der Waals surface area contributed by atoms with Crippen LogP contribution in [0.4, 0.5) is 4.39 Å². The van der Waals surface area contributed by atoms with E-state index < -0.39 is 5.82 Å². The lowest BCUT2D eigenvalue weighted by Crippen LogP contribution is -2.46. The van der Waals surface area contributed by atoms with Gasteiger partial charge in [-0.1, -0.05) is 17.7 Å². The van der Waals surface area contributed by atoms with Gasteiger partial charge in [-0.05, 0) is 42.3 Å². The van der Waals surface area contributed by atoms with Crippen LogP contribution in [0.2, 0.25) is 10.3 Å². The summed E-state index contributed by atoms with van der Waals surface area (Å²) >= 11 is 11.7. The molecule has 0 saturated carbocycles. The number of nitrogens with zero attached hydrogens (tertiary/aromatic N) is 5. The number of hydrogen-bond acceptors (Lipinski definition) is 4. The maximum Gasteiger partial charge on any atom is 0.290 e. The van der Waals surface area contributed by atoms with Gasteiger partial charge in [0.2, 0.25) is 5.28 Å². The van der Waals surface area contributed by atoms with E-state index >= 15 is 0 Å². The fourth-order valence-electron chi connectivity index (χ4n) is 3.10. The van der Waals surface area contributed by atoms with Crippen molar-refractivity contribution < 1.29 is 9.18 Å². The number of fused-ring (bicyclic) bond motifs is 1. The van der Waals surface area contributed by atoms with Gasteiger partial charge in [0.15, 0.2) is 5.82 Å². The van der Waals surface area contributed by atoms with Crippen LogP contribution < -0.4 is 0 Å². The monoisotopic (exact) mass is 405 g/mol. The molecule has 4 rings (SSSR count). The number of aromatic nitrogens is 4. The van der Waals surface area contributed by atoms with E-state index in [2.05, 4.69) is 15.0 Å². The number of benzene rings is 1. The van der Waals surface area contributed by atoms with Crippen molar-refractivity contribution in [3.05, 3.63) is 64.2 Å². The third-order valence-corrected chi connectivity index (χ3v) is 4.92. The van der Waals surface area contributed by atoms with Crippen molar-refractivity contribution in [3.63, 3.8) is 0 Å². The molecule has 0 radical (unpaired) electrons. The SMILES string of the molecule is CC1Cn2cc(-c3ccnc(Cl)n3)nc2C(=O)N1Cc1ccc(F)c(Cl)c1. The van der Waals surface area contributed by atoms with E-state index in [0.29, 0.717) is 30.3 Å². The van der Waals surface area contributed by atoms with Gasteiger partial charge in [-0.3, -0.25) is 4.79 Å². The van der Waals surface area contributed by atoms with Crippen LogP contribution >= 0.6 is 23.2 Å². The maximum atomic E-state index is 13.4. The molecule has 1 atom stereocenters. The van der Waals surface area contributed by atoms with Crippen LogP contribution in [0.25, 0.3) is 11.4 Å². The molecule has 0 fully saturated rings. The van der Waals surface area contributed by atoms with Gasteiger partial charge in [0.05, 0.1) is 10.7 Å². The zero-order chi connectivity index (χ0) is 19.1. The average molecular weight is 406 g/mol. The van der Waals surface area contributed by atoms with Gasteiger partial charge in [0.1, 0.15) is 11.5 Å². The Morgan fingerprint density at radius 3 is 2.78 bits per heavy atom. The first-order valence-corrected chi connectivity index (χ1v) is 8.99. The molecule has 1 aliphatic rings. The van der Waals surface area contributed by atoms with Gasteiger partial charge < -0.3 is 9.47 Å². The Morgan fingerprint density at radius 2 is 2.04 bits per heavy atom. The fraction of sp³-hybridized carbons (Fsp3) is 0.222. The van der Waals surface area contributed by atoms with Crippen molar-refractivity contribution in [1.82, 2.24) is 24.4 Å². The number of hydrogen-bond donors (Lipinski definition) is 0. The van der Waals surface area contributed by atoms with Gasteiger partial charge in [0, 0.05) is 31.5 Å². The minimum atomic E-state index is -0.484. The van der Waals surface area contributed by atoms with Gasteiger partial charge in [-0.2, -0.15) is 0 Å². The van der Waals surface area contributed by atoms with E-state index in [9.17, 15) is 9.18 Å². The molecule has 1 unspecified atom stereocenters. The average Bonchev–Trinajstić information content (AvgIpc) is 3.06. The Balaban J connectivity index is 1.64. The van der Waals surface area contributed by atoms with Crippen molar-refractivity contribution in [2.24, 2.45) is 0 Å². The van der Waals surface area contributed by atoms with Crippen molar-refractivity contribution in [2.45, 2.75) is 26.1 Å². The Kier molecular flexibility index (Phi) is 4.57. The number of carbonyl (C=O) groups is 1. The number of halogens is 3. The van der Waals surface area contributed by atoms with Crippen molar-refractivity contribution in [2.75, 3.05) is 0 Å². The molecule has 0 aliphatic carbocycles. The van der Waals surface area contributed by atoms with E-state index in [1.165, 1.54) is 18.3 Å². The number of imidazole rings is 1. The maximum absolute atomic E-state index is 13.4. The van der Waals surface area contributed by atoms with Gasteiger partial charge in [-0.25, -0.2) is 19.3 Å². The van der Waals surface area contributed by atoms with E-state index in [-0.39, 0.29) is 22.3 Å². The summed E-state index contributed by atoms with van der Waals surface area (Å²) in [7, 11) is 0. The van der Waals surface area contributed by atoms with Crippen molar-refractivity contribution >= 4 is 29.1 Å². The van der Waals surface area contributed by atoms with E-state index in [1.807, 2.05) is 11.5 Å². The molecule has 0 bridgehead atoms. The van der Waals surface area contributed by atoms with Crippen LogP contribution in [0.5, 0.6) is 0 Å². The van der Waals surface area contributed by atoms with Gasteiger partial charge in [0.25, 0.3) is 5.91 Å². The second-order valence-corrected chi connectivity index (χ2v) is 7.09. The summed E-state index contributed by atoms with van der Waals surface area (Å²) in [6, 6.07) is 6.08. The van der Waals surface area contributed by atoms with Gasteiger partial charge >= 0.3 is 0 Å². The summed E-state index contributed by atoms with van der Waals surface area (Å²) in [5.74, 6) is -0.367. The van der Waals surface area contributed by atoms with Crippen LogP contribution in [0, 0.1) is 5.82 Å². The normalized spacial score (nSPS) is 16.5. The topological polar surface area (TPSA) is 63.9 Å². The Morgan fingerprint density at radius 1 is 1.22 bits per heavy atom. The highest BCUT2D eigenvalue weighted by Gasteiger charge is 2.32. The highest BCUT2D eigenvalue weighted by Crippen LogP contribution is 2.25. The molecular formula is C18H14Cl2FN5O. The molecule has 1 aromatic carbocycles. The third-order valence-electron chi connectivity index (χ3n) is 4.45. The molecule has 2 aromatic heterocycles. The smallest absolute Gasteiger partial charge is 0.290 e. The van der Waals surface area contributed by atoms with Crippen LogP contribution in [-0.4, -0.2) is 36.4 Å². The highest BCUT2D eigenvalue weighted by molar-refractivity contribution is 6.30. The predicted octanol–water partition coefficient (Wildman–Crippen LogP) is 3.83. The summed E-state index contributed by atoms with van der Waals surface area (Å²) < 4.78 is 15.2. The summed E-state index contributed by atoms with van der Waals surface area (Å²) in [5.41, 5.74) is 1.86. The largest absolute Gasteiger partial charge is 0.327 e. The molecule has 0 spiro atoms. The lowest BCUT2D eigenvalue weighted by atomic mass is 10.1. The minimum Gasteiger partial charge on any atom is -0.327 e. The predicted molar refractivity (Wildman–Crippen MR) is 99.0 cm³/mol. The molecule has 27 heavy (non-hydrogen) atoms. The molecule has 138 valence electrons. The summed E-state index contributed by atoms with van der Waals surface area (Å²) in [6.07, 6.45) is 3.33. The summed E-state index contributed by atoms with van der Waals surface area (Å²) in [4.78, 5) is 27.1. The molecule has 9 heteroatoms. The Hall–Kier alpha value is -2.51. The first-order chi connectivity index (χ1) is 12.9. The third kappa shape index (κ3) is 3.40. The molecule has 3 aromatic rings. The quantitative estimate of drug-likeness (QED) is 0.621. The minimum absolute atomic E-state index is 0.0361. The zero-order valence-corrected chi connectivity index (χ0v) is 15.7. The Labute approximate surface area is 164 Å². The molecule has 6 nitrogen and oxygen atoms in total. The van der Waals surface area contributed by atoms with Crippen LogP contribution in [0.1, 0.15) is 23.1 Å². The second-order valence-electron chi connectivity index (χ2n) is 6.34. The lowest BCUT2D eigenvalue weighted by Gasteiger charge is -2.33. The summed E-state index contributed by atoms with van der Waals surface area (Å²) in [5, 5.41) is 0.155. The summed E-state index contributed by atoms with van der Waals surface area (Å²) in [6.45, 7) is 2.86. The fourth-order valence-corrected chi connectivity index (χ4v) is 3.45. The van der Waals surface area contributed by atoms with E-state index in [1.54, 1.807) is 23.2 Å². The first-order valence-electron chi connectivity index (χ1n) is 8.23. The molecule has 3 heterocycles. The van der Waals surface area contributed by atoms with E-state index in [0.717, 1.165) is 5.56 Å². The van der Waals surface area contributed by atoms with Crippen molar-refractivity contribution in [1.29, 1.82) is 0 Å². The molecule has 0 N–H and O–H groups in total. The van der Waals surface area contributed by atoms with Crippen LogP contribution in [0.3, 0.4) is 0 Å². The van der Waals surface area contributed by atoms with Crippen LogP contribution in [-0.2, 0) is 13.1 Å². The second kappa shape index (κ2) is 6.90. The number of carbonyl (C=O) groups excluding carboxylic acids is 1. The lowest BCUT2D eigenvalue weighted by molar-refractivity contribution is 0.0587. The highest BCUT2D eigenvalue weighted by atomic mass is 35.5. The van der Waals surface area contributed by atoms with Crippen LogP contribution in [0.15, 0.2) is 36.7 Å². The molecule has 1 amide bonds. The van der Waals surface area contributed by atoms with Crippen molar-refractivity contribution in [3.8, 4) is 11.4 Å². The van der Waals surface area contributed by atoms with Gasteiger partial charge in [-0.15, -0.1) is 0 Å². The molecule has 1 aliphatic heterocycles.